The standard InChI is InChI=1S/C49H72N8O11/c1-12-20-55(10)34-23-29(4)64-46(39(34)60)67-42-31(6)40(66-36(58)24-33-18-14-15-19-51-33)32(7)45(61)65-35(13-2)49(9)41(30(5)38(59)28(3)25-48(42,8)63-11)57(47(62)68-49)22-17-16-21-56-27-54-37-43(50)52-26-53-44(37)56/h12,14-15,18-19,26-32,34-35,39-42,46,60H,1,13,16-17,20-25H2,2-11H3,(H2,50,52,53)/t28-,29-,30+,31+,32-,34+,35-,39-,40+,41-,42-,46+,48-,49-/m1/s1. The van der Waals surface area contributed by atoms with Crippen molar-refractivity contribution in [2.45, 2.75) is 161 Å². The molecule has 6 heterocycles. The van der Waals surface area contributed by atoms with Gasteiger partial charge in [-0.3, -0.25) is 24.3 Å². The zero-order valence-corrected chi connectivity index (χ0v) is 41.3. The number of rotatable bonds is 15. The van der Waals surface area contributed by atoms with Crippen LogP contribution in [0.15, 0.2) is 49.7 Å². The van der Waals surface area contributed by atoms with Crippen LogP contribution in [0.4, 0.5) is 10.6 Å². The molecule has 0 saturated carbocycles. The van der Waals surface area contributed by atoms with Crippen LogP contribution in [0, 0.1) is 23.7 Å². The fraction of sp³-hybridized carbons (Fsp3) is 0.673. The van der Waals surface area contributed by atoms with Crippen molar-refractivity contribution in [2.24, 2.45) is 23.7 Å². The number of carbonyl (C=O) groups is 4. The smallest absolute Gasteiger partial charge is 0.410 e. The monoisotopic (exact) mass is 949 g/mol. The number of anilines is 1. The Morgan fingerprint density at radius 2 is 1.79 bits per heavy atom. The number of nitrogen functional groups attached to an aromatic ring is 1. The number of cyclic esters (lactones) is 1. The van der Waals surface area contributed by atoms with Gasteiger partial charge in [0, 0.05) is 56.7 Å². The number of aliphatic hydroxyl groups is 1. The predicted molar refractivity (Wildman–Crippen MR) is 250 cm³/mol. The summed E-state index contributed by atoms with van der Waals surface area (Å²) in [6.07, 6.45) is 1.59. The van der Waals surface area contributed by atoms with E-state index >= 15 is 4.79 Å². The highest BCUT2D eigenvalue weighted by molar-refractivity contribution is 5.85. The van der Waals surface area contributed by atoms with Crippen molar-refractivity contribution in [3.05, 3.63) is 55.4 Å². The Hall–Kier alpha value is -5.08. The Kier molecular flexibility index (Phi) is 17.0. The molecule has 19 nitrogen and oxygen atoms in total. The second kappa shape index (κ2) is 22.1. The molecule has 19 heteroatoms. The molecular weight excluding hydrogens is 877 g/mol. The Morgan fingerprint density at radius 1 is 1.06 bits per heavy atom. The number of carbonyl (C=O) groups excluding carboxylic acids is 4. The molecular formula is C49H72N8O11. The number of methoxy groups -OCH3 is 1. The number of ether oxygens (including phenoxy) is 6. The molecule has 3 aromatic rings. The third-order valence-electron chi connectivity index (χ3n) is 14.5. The average Bonchev–Trinajstić information content (AvgIpc) is 3.85. The van der Waals surface area contributed by atoms with Gasteiger partial charge in [-0.2, -0.15) is 0 Å². The van der Waals surface area contributed by atoms with Crippen LogP contribution >= 0.6 is 0 Å². The number of likely N-dealkylation sites (N-methyl/N-ethyl adjacent to an activating group) is 1. The van der Waals surface area contributed by atoms with Crippen LogP contribution in [0.25, 0.3) is 11.2 Å². The molecule has 0 radical (unpaired) electrons. The number of aliphatic hydroxyl groups excluding tert-OH is 1. The topological polar surface area (TPSA) is 233 Å². The minimum absolute atomic E-state index is 0.0929. The van der Waals surface area contributed by atoms with Crippen molar-refractivity contribution in [2.75, 3.05) is 33.0 Å². The molecule has 3 aliphatic heterocycles. The first-order valence-corrected chi connectivity index (χ1v) is 23.9. The second-order valence-corrected chi connectivity index (χ2v) is 19.4. The molecule has 0 aliphatic carbocycles. The van der Waals surface area contributed by atoms with Gasteiger partial charge in [0.05, 0.1) is 48.2 Å². The zero-order valence-electron chi connectivity index (χ0n) is 41.3. The number of amides is 1. The van der Waals surface area contributed by atoms with Gasteiger partial charge in [0.1, 0.15) is 35.9 Å². The number of aromatic nitrogens is 5. The number of ketones is 1. The Bertz CT molecular complexity index is 2230. The fourth-order valence-electron chi connectivity index (χ4n) is 10.8. The van der Waals surface area contributed by atoms with Crippen LogP contribution in [0.2, 0.25) is 0 Å². The number of pyridine rings is 1. The lowest BCUT2D eigenvalue weighted by atomic mass is 9.73. The summed E-state index contributed by atoms with van der Waals surface area (Å²) in [5, 5.41) is 11.9. The first-order valence-electron chi connectivity index (χ1n) is 23.9. The molecule has 3 N–H and O–H groups in total. The Labute approximate surface area is 399 Å². The molecule has 1 amide bonds. The SMILES string of the molecule is C=CCN(C)[C@H]1C[C@@H](C)O[C@@H](O[C@@H]2[C@@H](C)[C@H](OC(=O)Cc3ccccn3)[C@@H](C)C(=O)O[C@H](CC)[C@@]3(C)OC(=O)N(CCCCn4cnc5c(N)ncnc54)[C@@H]3[C@@H](C)C(=O)[C@H](C)C[C@@]2(C)OC)[C@@H]1O. The van der Waals surface area contributed by atoms with Crippen LogP contribution in [-0.2, 0) is 55.8 Å². The molecule has 0 unspecified atom stereocenters. The van der Waals surface area contributed by atoms with Gasteiger partial charge in [0.25, 0.3) is 0 Å². The van der Waals surface area contributed by atoms with Gasteiger partial charge in [-0.1, -0.05) is 39.8 Å². The van der Waals surface area contributed by atoms with Crippen molar-refractivity contribution in [3.8, 4) is 0 Å². The fourth-order valence-corrected chi connectivity index (χ4v) is 10.8. The summed E-state index contributed by atoms with van der Waals surface area (Å²) in [6.45, 7) is 19.4. The van der Waals surface area contributed by atoms with E-state index in [0.29, 0.717) is 49.2 Å². The number of fused-ring (bicyclic) bond motifs is 2. The number of esters is 2. The average molecular weight is 949 g/mol. The third-order valence-corrected chi connectivity index (χ3v) is 14.5. The lowest BCUT2D eigenvalue weighted by Crippen LogP contribution is -2.61. The first-order chi connectivity index (χ1) is 32.3. The number of nitrogens with zero attached hydrogens (tertiary/aromatic N) is 7. The van der Waals surface area contributed by atoms with E-state index in [1.165, 1.54) is 13.4 Å². The van der Waals surface area contributed by atoms with Crippen molar-refractivity contribution in [1.82, 2.24) is 34.3 Å². The summed E-state index contributed by atoms with van der Waals surface area (Å²) < 4.78 is 40.5. The molecule has 68 heavy (non-hydrogen) atoms. The van der Waals surface area contributed by atoms with E-state index in [-0.39, 0.29) is 49.6 Å². The van der Waals surface area contributed by atoms with E-state index in [4.69, 9.17) is 34.2 Å². The molecule has 374 valence electrons. The third kappa shape index (κ3) is 11.0. The Balaban J connectivity index is 1.37. The lowest BCUT2D eigenvalue weighted by Gasteiger charge is -2.48. The summed E-state index contributed by atoms with van der Waals surface area (Å²) >= 11 is 0. The maximum atomic E-state index is 15.1. The van der Waals surface area contributed by atoms with E-state index in [2.05, 4.69) is 26.5 Å². The predicted octanol–water partition coefficient (Wildman–Crippen LogP) is 4.93. The minimum atomic E-state index is -1.47. The number of nitrogens with two attached hydrogens (primary N) is 1. The number of Topliss-reactive ketones (excluding diaryl/α,β-unsaturated/α-hetero) is 1. The molecule has 0 bridgehead atoms. The molecule has 3 fully saturated rings. The summed E-state index contributed by atoms with van der Waals surface area (Å²) in [7, 11) is 3.40. The number of hydrogen-bond acceptors (Lipinski definition) is 17. The highest BCUT2D eigenvalue weighted by atomic mass is 16.7. The van der Waals surface area contributed by atoms with E-state index in [9.17, 15) is 19.5 Å². The molecule has 6 rings (SSSR count). The van der Waals surface area contributed by atoms with Crippen LogP contribution in [0.5, 0.6) is 0 Å². The maximum Gasteiger partial charge on any atom is 0.410 e. The van der Waals surface area contributed by atoms with Crippen LogP contribution in [-0.4, -0.2) is 151 Å². The number of unbranched alkanes of at least 4 members (excludes halogenated alkanes) is 1. The largest absolute Gasteiger partial charge is 0.461 e. The van der Waals surface area contributed by atoms with E-state index in [1.54, 1.807) is 76.3 Å². The number of imidazole rings is 1. The molecule has 14 atom stereocenters. The van der Waals surface area contributed by atoms with Crippen molar-refractivity contribution >= 4 is 40.8 Å². The molecule has 3 aliphatic rings. The van der Waals surface area contributed by atoms with Crippen LogP contribution < -0.4 is 5.73 Å². The number of hydrogen-bond donors (Lipinski definition) is 2. The summed E-state index contributed by atoms with van der Waals surface area (Å²) in [4.78, 5) is 78.5. The van der Waals surface area contributed by atoms with Gasteiger partial charge >= 0.3 is 18.0 Å². The molecule has 0 aromatic carbocycles. The van der Waals surface area contributed by atoms with E-state index in [0.717, 1.165) is 0 Å². The zero-order chi connectivity index (χ0) is 49.7. The van der Waals surface area contributed by atoms with E-state index in [1.807, 2.05) is 37.3 Å². The van der Waals surface area contributed by atoms with Crippen molar-refractivity contribution < 1.29 is 52.7 Å². The Morgan fingerprint density at radius 3 is 2.47 bits per heavy atom. The summed E-state index contributed by atoms with van der Waals surface area (Å²) in [5.41, 5.74) is 4.77. The van der Waals surface area contributed by atoms with Gasteiger partial charge in [-0.15, -0.1) is 6.58 Å². The highest BCUT2D eigenvalue weighted by Gasteiger charge is 2.60. The van der Waals surface area contributed by atoms with Gasteiger partial charge < -0.3 is 48.7 Å². The van der Waals surface area contributed by atoms with Crippen LogP contribution in [0.1, 0.15) is 93.2 Å². The van der Waals surface area contributed by atoms with Crippen molar-refractivity contribution in [3.63, 3.8) is 0 Å². The quantitative estimate of drug-likeness (QED) is 0.0890. The van der Waals surface area contributed by atoms with Gasteiger partial charge in [0.15, 0.2) is 23.4 Å². The second-order valence-electron chi connectivity index (χ2n) is 19.4. The molecule has 0 spiro atoms. The lowest BCUT2D eigenvalue weighted by molar-refractivity contribution is -0.302. The van der Waals surface area contributed by atoms with Gasteiger partial charge in [-0.05, 0) is 79.0 Å². The van der Waals surface area contributed by atoms with Crippen molar-refractivity contribution in [1.29, 1.82) is 0 Å². The normalized spacial score (nSPS) is 34.0. The first kappa shape index (κ1) is 52.3. The molecule has 3 aromatic heterocycles. The van der Waals surface area contributed by atoms with Crippen LogP contribution in [0.3, 0.4) is 0 Å². The maximum absolute atomic E-state index is 15.1. The molecule has 3 saturated heterocycles. The summed E-state index contributed by atoms with van der Waals surface area (Å²) in [5.74, 6) is -4.74. The number of aryl methyl sites for hydroxylation is 1. The summed E-state index contributed by atoms with van der Waals surface area (Å²) in [6, 6.07) is 3.98. The highest BCUT2D eigenvalue weighted by Crippen LogP contribution is 2.44. The van der Waals surface area contributed by atoms with E-state index < -0.39 is 89.7 Å². The minimum Gasteiger partial charge on any atom is -0.461 e. The van der Waals surface area contributed by atoms with Gasteiger partial charge in [-0.25, -0.2) is 19.7 Å². The van der Waals surface area contributed by atoms with Gasteiger partial charge in [0.2, 0.25) is 0 Å².